The van der Waals surface area contributed by atoms with Crippen molar-refractivity contribution >= 4 is 11.8 Å². The Hall–Kier alpha value is -1.10. The number of carbonyl (C=O) groups excluding carboxylic acids is 2. The summed E-state index contributed by atoms with van der Waals surface area (Å²) in [6.45, 7) is 3.33. The molecule has 0 aromatic rings. The van der Waals surface area contributed by atoms with Crippen molar-refractivity contribution < 1.29 is 14.7 Å². The van der Waals surface area contributed by atoms with Crippen LogP contribution in [0, 0.1) is 5.92 Å². The quantitative estimate of drug-likeness (QED) is 0.837. The molecule has 0 aromatic heterocycles. The van der Waals surface area contributed by atoms with E-state index in [0.29, 0.717) is 19.1 Å². The average molecular weight is 282 g/mol. The molecule has 2 fully saturated rings. The van der Waals surface area contributed by atoms with Crippen LogP contribution in [0.1, 0.15) is 45.4 Å². The van der Waals surface area contributed by atoms with Crippen LogP contribution in [0.4, 0.5) is 0 Å². The molecule has 114 valence electrons. The Morgan fingerprint density at radius 1 is 1.20 bits per heavy atom. The molecule has 1 heterocycles. The van der Waals surface area contributed by atoms with Crippen molar-refractivity contribution in [3.05, 3.63) is 0 Å². The van der Waals surface area contributed by atoms with Crippen LogP contribution in [-0.2, 0) is 9.59 Å². The molecule has 1 aliphatic carbocycles. The summed E-state index contributed by atoms with van der Waals surface area (Å²) in [5.74, 6) is 0.105. The minimum absolute atomic E-state index is 0.0192. The van der Waals surface area contributed by atoms with E-state index in [-0.39, 0.29) is 24.3 Å². The Bertz CT molecular complexity index is 353. The van der Waals surface area contributed by atoms with Gasteiger partial charge in [0.25, 0.3) is 0 Å². The van der Waals surface area contributed by atoms with Crippen LogP contribution < -0.4 is 0 Å². The van der Waals surface area contributed by atoms with Gasteiger partial charge in [-0.2, -0.15) is 0 Å². The van der Waals surface area contributed by atoms with Gasteiger partial charge < -0.3 is 14.9 Å². The molecule has 2 aliphatic rings. The molecule has 0 radical (unpaired) electrons. The third-order valence-electron chi connectivity index (χ3n) is 4.61. The molecule has 1 N–H and O–H groups in total. The van der Waals surface area contributed by atoms with Gasteiger partial charge in [-0.25, -0.2) is 0 Å². The fraction of sp³-hybridized carbons (Fsp3) is 0.867. The van der Waals surface area contributed by atoms with Crippen molar-refractivity contribution in [1.29, 1.82) is 0 Å². The number of hydrogen-bond acceptors (Lipinski definition) is 3. The summed E-state index contributed by atoms with van der Waals surface area (Å²) in [4.78, 5) is 27.9. The zero-order valence-corrected chi connectivity index (χ0v) is 12.4. The molecule has 0 spiro atoms. The summed E-state index contributed by atoms with van der Waals surface area (Å²) < 4.78 is 0. The molecule has 1 saturated heterocycles. The Kier molecular flexibility index (Phi) is 5.40. The van der Waals surface area contributed by atoms with E-state index in [1.165, 1.54) is 12.8 Å². The number of aliphatic hydroxyl groups is 1. The molecule has 5 nitrogen and oxygen atoms in total. The number of rotatable bonds is 4. The van der Waals surface area contributed by atoms with Crippen LogP contribution in [0.25, 0.3) is 0 Å². The highest BCUT2D eigenvalue weighted by molar-refractivity contribution is 5.81. The molecule has 2 rings (SSSR count). The number of likely N-dealkylation sites (tertiary alicyclic amines) is 1. The lowest BCUT2D eigenvalue weighted by atomic mass is 9.95. The lowest BCUT2D eigenvalue weighted by molar-refractivity contribution is -0.142. The van der Waals surface area contributed by atoms with Gasteiger partial charge in [0.15, 0.2) is 0 Å². The SMILES string of the molecule is CC(=O)N1CCCC(C(=O)N(CCO)C2CCCC2)C1. The first kappa shape index (κ1) is 15.3. The predicted octanol–water partition coefficient (Wildman–Crippen LogP) is 1.01. The van der Waals surface area contributed by atoms with E-state index < -0.39 is 0 Å². The summed E-state index contributed by atoms with van der Waals surface area (Å²) in [5, 5.41) is 9.23. The van der Waals surface area contributed by atoms with Crippen LogP contribution in [0.2, 0.25) is 0 Å². The summed E-state index contributed by atoms with van der Waals surface area (Å²) in [6, 6.07) is 0.294. The average Bonchev–Trinajstić information content (AvgIpc) is 2.98. The highest BCUT2D eigenvalue weighted by Crippen LogP contribution is 2.27. The molecule has 0 bridgehead atoms. The normalized spacial score (nSPS) is 23.9. The van der Waals surface area contributed by atoms with Crippen LogP contribution in [0.3, 0.4) is 0 Å². The van der Waals surface area contributed by atoms with Crippen LogP contribution >= 0.6 is 0 Å². The number of amides is 2. The first-order valence-electron chi connectivity index (χ1n) is 7.80. The third kappa shape index (κ3) is 3.51. The van der Waals surface area contributed by atoms with Crippen LogP contribution in [0.15, 0.2) is 0 Å². The highest BCUT2D eigenvalue weighted by Gasteiger charge is 2.33. The van der Waals surface area contributed by atoms with Gasteiger partial charge in [0.2, 0.25) is 11.8 Å². The van der Waals surface area contributed by atoms with Gasteiger partial charge in [0.05, 0.1) is 12.5 Å². The third-order valence-corrected chi connectivity index (χ3v) is 4.61. The first-order valence-corrected chi connectivity index (χ1v) is 7.80. The zero-order chi connectivity index (χ0) is 14.5. The largest absolute Gasteiger partial charge is 0.395 e. The Balaban J connectivity index is 2.00. The van der Waals surface area contributed by atoms with Crippen LogP contribution in [0.5, 0.6) is 0 Å². The van der Waals surface area contributed by atoms with E-state index in [1.54, 1.807) is 11.8 Å². The zero-order valence-electron chi connectivity index (χ0n) is 12.4. The fourth-order valence-corrected chi connectivity index (χ4v) is 3.50. The fourth-order valence-electron chi connectivity index (χ4n) is 3.50. The molecule has 1 unspecified atom stereocenters. The minimum Gasteiger partial charge on any atom is -0.395 e. The maximum absolute atomic E-state index is 12.7. The second-order valence-corrected chi connectivity index (χ2v) is 6.00. The summed E-state index contributed by atoms with van der Waals surface area (Å²) in [5.41, 5.74) is 0. The van der Waals surface area contributed by atoms with Gasteiger partial charge in [0, 0.05) is 32.6 Å². The van der Waals surface area contributed by atoms with Crippen molar-refractivity contribution in [2.75, 3.05) is 26.2 Å². The lowest BCUT2D eigenvalue weighted by Crippen LogP contribution is -2.49. The van der Waals surface area contributed by atoms with Crippen molar-refractivity contribution in [3.63, 3.8) is 0 Å². The summed E-state index contributed by atoms with van der Waals surface area (Å²) in [6.07, 6.45) is 6.20. The number of hydrogen-bond donors (Lipinski definition) is 1. The maximum atomic E-state index is 12.7. The Morgan fingerprint density at radius 2 is 1.90 bits per heavy atom. The van der Waals surface area contributed by atoms with E-state index in [0.717, 1.165) is 32.2 Å². The summed E-state index contributed by atoms with van der Waals surface area (Å²) >= 11 is 0. The van der Waals surface area contributed by atoms with Crippen molar-refractivity contribution in [3.8, 4) is 0 Å². The van der Waals surface area contributed by atoms with Gasteiger partial charge in [-0.3, -0.25) is 9.59 Å². The number of nitrogens with zero attached hydrogens (tertiary/aromatic N) is 2. The monoisotopic (exact) mass is 282 g/mol. The predicted molar refractivity (Wildman–Crippen MR) is 76.0 cm³/mol. The van der Waals surface area contributed by atoms with E-state index in [1.807, 2.05) is 4.90 Å². The summed E-state index contributed by atoms with van der Waals surface area (Å²) in [7, 11) is 0. The molecule has 20 heavy (non-hydrogen) atoms. The van der Waals surface area contributed by atoms with E-state index in [9.17, 15) is 14.7 Å². The minimum atomic E-state index is -0.0835. The Labute approximate surface area is 120 Å². The number of aliphatic hydroxyl groups excluding tert-OH is 1. The molecule has 1 saturated carbocycles. The molecule has 5 heteroatoms. The molecular weight excluding hydrogens is 256 g/mol. The van der Waals surface area contributed by atoms with Crippen molar-refractivity contribution in [1.82, 2.24) is 9.80 Å². The van der Waals surface area contributed by atoms with Gasteiger partial charge in [0.1, 0.15) is 0 Å². The molecule has 1 aliphatic heterocycles. The molecule has 1 atom stereocenters. The first-order chi connectivity index (χ1) is 9.63. The van der Waals surface area contributed by atoms with Gasteiger partial charge in [-0.1, -0.05) is 12.8 Å². The smallest absolute Gasteiger partial charge is 0.227 e. The van der Waals surface area contributed by atoms with E-state index in [2.05, 4.69) is 0 Å². The highest BCUT2D eigenvalue weighted by atomic mass is 16.3. The van der Waals surface area contributed by atoms with Crippen molar-refractivity contribution in [2.24, 2.45) is 5.92 Å². The number of carbonyl (C=O) groups is 2. The van der Waals surface area contributed by atoms with E-state index >= 15 is 0 Å². The molecule has 2 amide bonds. The second kappa shape index (κ2) is 7.07. The second-order valence-electron chi connectivity index (χ2n) is 6.00. The maximum Gasteiger partial charge on any atom is 0.227 e. The lowest BCUT2D eigenvalue weighted by Gasteiger charge is -2.36. The molecule has 0 aromatic carbocycles. The standard InChI is InChI=1S/C15H26N2O3/c1-12(19)16-8-4-5-13(11-16)15(20)17(9-10-18)14-6-2-3-7-14/h13-14,18H,2-11H2,1H3. The van der Waals surface area contributed by atoms with Gasteiger partial charge >= 0.3 is 0 Å². The topological polar surface area (TPSA) is 60.9 Å². The van der Waals surface area contributed by atoms with Crippen molar-refractivity contribution in [2.45, 2.75) is 51.5 Å². The number of piperidine rings is 1. The van der Waals surface area contributed by atoms with Crippen LogP contribution in [-0.4, -0.2) is 59.0 Å². The van der Waals surface area contributed by atoms with Gasteiger partial charge in [-0.05, 0) is 25.7 Å². The molecular formula is C15H26N2O3. The van der Waals surface area contributed by atoms with E-state index in [4.69, 9.17) is 0 Å². The van der Waals surface area contributed by atoms with Gasteiger partial charge in [-0.15, -0.1) is 0 Å². The Morgan fingerprint density at radius 3 is 2.50 bits per heavy atom.